The van der Waals surface area contributed by atoms with Gasteiger partial charge in [-0.2, -0.15) is 0 Å². The number of nitrogens with one attached hydrogen (secondary N) is 1. The smallest absolute Gasteiger partial charge is 0.338 e. The third-order valence-corrected chi connectivity index (χ3v) is 6.13. The van der Waals surface area contributed by atoms with E-state index in [-0.39, 0.29) is 18.0 Å². The van der Waals surface area contributed by atoms with Gasteiger partial charge < -0.3 is 15.8 Å². The predicted molar refractivity (Wildman–Crippen MR) is 141 cm³/mol. The van der Waals surface area contributed by atoms with Crippen LogP contribution in [0.2, 0.25) is 0 Å². The summed E-state index contributed by atoms with van der Waals surface area (Å²) in [6.45, 7) is 6.10. The summed E-state index contributed by atoms with van der Waals surface area (Å²) in [6, 6.07) is 19.9. The molecule has 0 saturated heterocycles. The van der Waals surface area contributed by atoms with Gasteiger partial charge in [-0.1, -0.05) is 18.2 Å². The van der Waals surface area contributed by atoms with Gasteiger partial charge in [0, 0.05) is 11.4 Å². The summed E-state index contributed by atoms with van der Waals surface area (Å²) in [5.74, 6) is -0.601. The highest BCUT2D eigenvalue weighted by atomic mass is 16.5. The summed E-state index contributed by atoms with van der Waals surface area (Å²) in [6.07, 6.45) is 0. The van der Waals surface area contributed by atoms with Gasteiger partial charge in [-0.25, -0.2) is 14.8 Å². The zero-order chi connectivity index (χ0) is 25.4. The lowest BCUT2D eigenvalue weighted by atomic mass is 10.1. The molecule has 0 radical (unpaired) electrons. The highest BCUT2D eigenvalue weighted by Gasteiger charge is 2.25. The maximum Gasteiger partial charge on any atom is 0.338 e. The van der Waals surface area contributed by atoms with Crippen LogP contribution in [0.5, 0.6) is 0 Å². The van der Waals surface area contributed by atoms with E-state index in [9.17, 15) is 9.59 Å². The van der Waals surface area contributed by atoms with E-state index in [2.05, 4.69) is 5.32 Å². The lowest BCUT2D eigenvalue weighted by Crippen LogP contribution is -2.15. The molecule has 0 aliphatic carbocycles. The number of anilines is 2. The molecule has 0 atom stereocenters. The number of esters is 1. The maximum atomic E-state index is 13.5. The van der Waals surface area contributed by atoms with Crippen molar-refractivity contribution in [3.63, 3.8) is 0 Å². The zero-order valence-electron chi connectivity index (χ0n) is 20.2. The van der Waals surface area contributed by atoms with Crippen LogP contribution in [-0.2, 0) is 4.74 Å². The molecule has 0 aliphatic rings. The molecule has 0 saturated carbocycles. The van der Waals surface area contributed by atoms with Crippen molar-refractivity contribution in [3.05, 3.63) is 89.0 Å². The molecule has 180 valence electrons. The third kappa shape index (κ3) is 4.02. The Bertz CT molecular complexity index is 1640. The molecule has 0 bridgehead atoms. The number of carbonyl (C=O) groups is 2. The van der Waals surface area contributed by atoms with E-state index in [1.807, 2.05) is 56.3 Å². The molecule has 0 fully saturated rings. The van der Waals surface area contributed by atoms with Crippen LogP contribution in [0.1, 0.15) is 38.8 Å². The standard InChI is InChI=1S/C28H25N5O3/c1-4-36-28(35)18-10-12-19(13-11-18)30-27(34)23-24-26(32-22-8-6-5-7-21(22)31-24)33(25(23)29)20-14-9-16(2)17(3)15-20/h5-15H,4,29H2,1-3H3,(H,30,34). The first kappa shape index (κ1) is 23.0. The maximum absolute atomic E-state index is 13.5. The van der Waals surface area contributed by atoms with Crippen molar-refractivity contribution in [3.8, 4) is 5.69 Å². The van der Waals surface area contributed by atoms with Gasteiger partial charge in [0.25, 0.3) is 5.91 Å². The average Bonchev–Trinajstić information content (AvgIpc) is 3.15. The van der Waals surface area contributed by atoms with Crippen molar-refractivity contribution in [1.29, 1.82) is 0 Å². The summed E-state index contributed by atoms with van der Waals surface area (Å²) < 4.78 is 6.78. The molecular formula is C28H25N5O3. The van der Waals surface area contributed by atoms with E-state index in [1.54, 1.807) is 35.8 Å². The Kier molecular flexibility index (Phi) is 5.85. The largest absolute Gasteiger partial charge is 0.462 e. The van der Waals surface area contributed by atoms with Gasteiger partial charge in [0.15, 0.2) is 5.65 Å². The van der Waals surface area contributed by atoms with Crippen LogP contribution in [0, 0.1) is 13.8 Å². The van der Waals surface area contributed by atoms with Gasteiger partial charge in [0.2, 0.25) is 0 Å². The van der Waals surface area contributed by atoms with Crippen LogP contribution in [0.3, 0.4) is 0 Å². The Morgan fingerprint density at radius 3 is 2.31 bits per heavy atom. The van der Waals surface area contributed by atoms with Crippen LogP contribution in [0.25, 0.3) is 27.9 Å². The number of fused-ring (bicyclic) bond motifs is 2. The minimum absolute atomic E-state index is 0.232. The molecule has 3 N–H and O–H groups in total. The molecule has 0 aliphatic heterocycles. The Balaban J connectivity index is 1.62. The number of hydrogen-bond donors (Lipinski definition) is 2. The second-order valence-electron chi connectivity index (χ2n) is 8.50. The molecule has 1 amide bonds. The molecule has 3 aromatic carbocycles. The number of benzene rings is 3. The van der Waals surface area contributed by atoms with Crippen molar-refractivity contribution < 1.29 is 14.3 Å². The first-order valence-corrected chi connectivity index (χ1v) is 11.6. The van der Waals surface area contributed by atoms with Crippen LogP contribution < -0.4 is 11.1 Å². The molecule has 2 aromatic heterocycles. The number of nitrogens with two attached hydrogens (primary N) is 1. The summed E-state index contributed by atoms with van der Waals surface area (Å²) in [5, 5.41) is 2.87. The Morgan fingerprint density at radius 1 is 0.944 bits per heavy atom. The number of aromatic nitrogens is 3. The monoisotopic (exact) mass is 479 g/mol. The van der Waals surface area contributed by atoms with Crippen molar-refractivity contribution in [2.24, 2.45) is 0 Å². The number of rotatable bonds is 5. The Labute approximate surface area is 207 Å². The van der Waals surface area contributed by atoms with Gasteiger partial charge in [0.1, 0.15) is 16.9 Å². The summed E-state index contributed by atoms with van der Waals surface area (Å²) in [5.41, 5.74) is 13.1. The fourth-order valence-corrected chi connectivity index (χ4v) is 4.11. The number of nitrogen functional groups attached to an aromatic ring is 1. The van der Waals surface area contributed by atoms with Gasteiger partial charge >= 0.3 is 5.97 Å². The van der Waals surface area contributed by atoms with E-state index in [1.165, 1.54) is 0 Å². The van der Waals surface area contributed by atoms with E-state index >= 15 is 0 Å². The number of hydrogen-bond acceptors (Lipinski definition) is 6. The molecular weight excluding hydrogens is 454 g/mol. The lowest BCUT2D eigenvalue weighted by molar-refractivity contribution is 0.0526. The topological polar surface area (TPSA) is 112 Å². The molecule has 8 heteroatoms. The average molecular weight is 480 g/mol. The highest BCUT2D eigenvalue weighted by molar-refractivity contribution is 6.16. The predicted octanol–water partition coefficient (Wildman–Crippen LogP) is 5.20. The molecule has 0 unspecified atom stereocenters. The number of para-hydroxylation sites is 2. The first-order valence-electron chi connectivity index (χ1n) is 11.6. The number of carbonyl (C=O) groups excluding carboxylic acids is 2. The number of ether oxygens (including phenoxy) is 1. The second kappa shape index (κ2) is 9.14. The highest BCUT2D eigenvalue weighted by Crippen LogP contribution is 2.32. The number of aryl methyl sites for hydroxylation is 2. The number of nitrogens with zero attached hydrogens (tertiary/aromatic N) is 3. The van der Waals surface area contributed by atoms with Crippen molar-refractivity contribution in [1.82, 2.24) is 14.5 Å². The normalized spacial score (nSPS) is 11.1. The van der Waals surface area contributed by atoms with Crippen LogP contribution in [0.4, 0.5) is 11.5 Å². The zero-order valence-corrected chi connectivity index (χ0v) is 20.2. The van der Waals surface area contributed by atoms with Gasteiger partial charge in [-0.3, -0.25) is 9.36 Å². The minimum atomic E-state index is -0.423. The van der Waals surface area contributed by atoms with Crippen molar-refractivity contribution in [2.45, 2.75) is 20.8 Å². The van der Waals surface area contributed by atoms with Crippen LogP contribution in [0.15, 0.2) is 66.7 Å². The van der Waals surface area contributed by atoms with Gasteiger partial charge in [-0.15, -0.1) is 0 Å². The van der Waals surface area contributed by atoms with Gasteiger partial charge in [0.05, 0.1) is 23.2 Å². The quantitative estimate of drug-likeness (QED) is 0.335. The first-order chi connectivity index (χ1) is 17.4. The fourth-order valence-electron chi connectivity index (χ4n) is 4.11. The minimum Gasteiger partial charge on any atom is -0.462 e. The summed E-state index contributed by atoms with van der Waals surface area (Å²) in [4.78, 5) is 35.0. The Hall–Kier alpha value is -4.72. The third-order valence-electron chi connectivity index (χ3n) is 6.13. The van der Waals surface area contributed by atoms with E-state index < -0.39 is 11.9 Å². The van der Waals surface area contributed by atoms with Crippen molar-refractivity contribution in [2.75, 3.05) is 17.7 Å². The van der Waals surface area contributed by atoms with Crippen LogP contribution in [-0.4, -0.2) is 33.0 Å². The molecule has 36 heavy (non-hydrogen) atoms. The SMILES string of the molecule is CCOC(=O)c1ccc(NC(=O)c2c(N)n(-c3ccc(C)c(C)c3)c3nc4ccccc4nc23)cc1. The molecule has 2 heterocycles. The summed E-state index contributed by atoms with van der Waals surface area (Å²) >= 11 is 0. The Morgan fingerprint density at radius 2 is 1.64 bits per heavy atom. The van der Waals surface area contributed by atoms with E-state index in [0.717, 1.165) is 16.8 Å². The van der Waals surface area contributed by atoms with Crippen molar-refractivity contribution >= 4 is 45.6 Å². The number of amides is 1. The molecule has 0 spiro atoms. The van der Waals surface area contributed by atoms with E-state index in [0.29, 0.717) is 33.4 Å². The molecule has 5 aromatic rings. The lowest BCUT2D eigenvalue weighted by Gasteiger charge is -2.10. The summed E-state index contributed by atoms with van der Waals surface area (Å²) in [7, 11) is 0. The molecule has 8 nitrogen and oxygen atoms in total. The second-order valence-corrected chi connectivity index (χ2v) is 8.50. The molecule has 5 rings (SSSR count). The van der Waals surface area contributed by atoms with E-state index in [4.69, 9.17) is 20.4 Å². The fraction of sp³-hybridized carbons (Fsp3) is 0.143. The van der Waals surface area contributed by atoms with Crippen LogP contribution >= 0.6 is 0 Å². The van der Waals surface area contributed by atoms with Gasteiger partial charge in [-0.05, 0) is 80.4 Å².